The molecule has 29 heavy (non-hydrogen) atoms. The van der Waals surface area contributed by atoms with Gasteiger partial charge in [-0.15, -0.1) is 0 Å². The number of anilines is 2. The summed E-state index contributed by atoms with van der Waals surface area (Å²) in [5.41, 5.74) is 1.24. The van der Waals surface area contributed by atoms with Crippen LogP contribution >= 0.6 is 15.9 Å². The Hall–Kier alpha value is -3.05. The van der Waals surface area contributed by atoms with Crippen LogP contribution in [-0.4, -0.2) is 31.2 Å². The van der Waals surface area contributed by atoms with Gasteiger partial charge in [0.25, 0.3) is 0 Å². The number of benzene rings is 2. The summed E-state index contributed by atoms with van der Waals surface area (Å²) in [5.74, 6) is 1.27. The highest BCUT2D eigenvalue weighted by Gasteiger charge is 2.24. The van der Waals surface area contributed by atoms with Crippen molar-refractivity contribution in [2.24, 2.45) is 0 Å². The Kier molecular flexibility index (Phi) is 5.67. The van der Waals surface area contributed by atoms with Crippen molar-refractivity contribution in [3.05, 3.63) is 70.4 Å². The van der Waals surface area contributed by atoms with Crippen molar-refractivity contribution in [3.8, 4) is 11.8 Å². The number of aromatic nitrogens is 1. The van der Waals surface area contributed by atoms with E-state index in [1.807, 2.05) is 29.2 Å². The zero-order chi connectivity index (χ0) is 20.2. The first-order valence-corrected chi connectivity index (χ1v) is 9.95. The summed E-state index contributed by atoms with van der Waals surface area (Å²) in [6.45, 7) is 2.96. The lowest BCUT2D eigenvalue weighted by Crippen LogP contribution is -2.46. The zero-order valence-corrected chi connectivity index (χ0v) is 17.1. The largest absolute Gasteiger partial charge is 0.484 e. The topological polar surface area (TPSA) is 65.5 Å². The molecule has 0 spiro atoms. The fourth-order valence-electron chi connectivity index (χ4n) is 3.23. The summed E-state index contributed by atoms with van der Waals surface area (Å²) >= 11 is 3.40. The van der Waals surface area contributed by atoms with Gasteiger partial charge in [-0.25, -0.2) is 4.39 Å². The molecule has 0 N–H and O–H groups in total. The molecule has 1 saturated heterocycles. The summed E-state index contributed by atoms with van der Waals surface area (Å²) in [4.78, 5) is 8.45. The standard InChI is InChI=1S/C21H18BrFN4O2/c22-15-2-1-3-18(12-15)28-14-20-25-19(13-24)21(29-20)27-10-8-26(9-11-27)17-6-4-16(23)5-7-17/h1-7,12H,8-11,14H2. The molecule has 1 aliphatic heterocycles. The number of nitriles is 1. The predicted octanol–water partition coefficient (Wildman–Crippen LogP) is 4.35. The van der Waals surface area contributed by atoms with Crippen LogP contribution in [0.2, 0.25) is 0 Å². The number of nitrogens with zero attached hydrogens (tertiary/aromatic N) is 4. The zero-order valence-electron chi connectivity index (χ0n) is 15.5. The molecule has 2 heterocycles. The smallest absolute Gasteiger partial charge is 0.236 e. The molecule has 1 fully saturated rings. The molecular formula is C21H18BrFN4O2. The monoisotopic (exact) mass is 456 g/mol. The third-order valence-electron chi connectivity index (χ3n) is 4.68. The highest BCUT2D eigenvalue weighted by atomic mass is 79.9. The summed E-state index contributed by atoms with van der Waals surface area (Å²) in [6.07, 6.45) is 0. The average Bonchev–Trinajstić information content (AvgIpc) is 3.16. The molecule has 6 nitrogen and oxygen atoms in total. The summed E-state index contributed by atoms with van der Waals surface area (Å²) in [5, 5.41) is 9.45. The molecular weight excluding hydrogens is 439 g/mol. The van der Waals surface area contributed by atoms with Crippen molar-refractivity contribution in [2.75, 3.05) is 36.0 Å². The van der Waals surface area contributed by atoms with Crippen LogP contribution < -0.4 is 14.5 Å². The lowest BCUT2D eigenvalue weighted by molar-refractivity contribution is 0.263. The maximum Gasteiger partial charge on any atom is 0.236 e. The first-order chi connectivity index (χ1) is 14.1. The van der Waals surface area contributed by atoms with Crippen LogP contribution in [0.1, 0.15) is 11.6 Å². The summed E-state index contributed by atoms with van der Waals surface area (Å²) in [6, 6.07) is 16.1. The van der Waals surface area contributed by atoms with Crippen LogP contribution in [0, 0.1) is 17.1 Å². The average molecular weight is 457 g/mol. The van der Waals surface area contributed by atoms with Gasteiger partial charge in [0.15, 0.2) is 6.61 Å². The van der Waals surface area contributed by atoms with E-state index in [1.54, 1.807) is 12.1 Å². The van der Waals surface area contributed by atoms with Crippen LogP contribution in [0.15, 0.2) is 57.4 Å². The molecule has 0 bridgehead atoms. The maximum atomic E-state index is 13.1. The van der Waals surface area contributed by atoms with E-state index in [0.717, 1.165) is 23.2 Å². The van der Waals surface area contributed by atoms with E-state index < -0.39 is 0 Å². The van der Waals surface area contributed by atoms with Crippen molar-refractivity contribution >= 4 is 27.5 Å². The van der Waals surface area contributed by atoms with Crippen molar-refractivity contribution in [3.63, 3.8) is 0 Å². The highest BCUT2D eigenvalue weighted by molar-refractivity contribution is 9.10. The lowest BCUT2D eigenvalue weighted by atomic mass is 10.2. The number of piperazine rings is 1. The number of ether oxygens (including phenoxy) is 1. The Bertz CT molecular complexity index is 1020. The molecule has 3 aromatic rings. The van der Waals surface area contributed by atoms with Gasteiger partial charge in [0, 0.05) is 36.3 Å². The summed E-state index contributed by atoms with van der Waals surface area (Å²) in [7, 11) is 0. The quantitative estimate of drug-likeness (QED) is 0.568. The Morgan fingerprint density at radius 3 is 2.52 bits per heavy atom. The van der Waals surface area contributed by atoms with E-state index in [-0.39, 0.29) is 18.1 Å². The predicted molar refractivity (Wildman–Crippen MR) is 111 cm³/mol. The van der Waals surface area contributed by atoms with Crippen molar-refractivity contribution < 1.29 is 13.5 Å². The van der Waals surface area contributed by atoms with Gasteiger partial charge in [0.1, 0.15) is 17.6 Å². The van der Waals surface area contributed by atoms with Crippen LogP contribution in [0.3, 0.4) is 0 Å². The van der Waals surface area contributed by atoms with Gasteiger partial charge in [-0.05, 0) is 42.5 Å². The Morgan fingerprint density at radius 2 is 1.83 bits per heavy atom. The fraction of sp³-hybridized carbons (Fsp3) is 0.238. The van der Waals surface area contributed by atoms with Crippen LogP contribution in [0.25, 0.3) is 0 Å². The fourth-order valence-corrected chi connectivity index (χ4v) is 3.60. The van der Waals surface area contributed by atoms with Gasteiger partial charge in [-0.1, -0.05) is 22.0 Å². The molecule has 2 aromatic carbocycles. The van der Waals surface area contributed by atoms with Gasteiger partial charge in [0.2, 0.25) is 17.5 Å². The molecule has 148 valence electrons. The molecule has 1 aliphatic rings. The Morgan fingerprint density at radius 1 is 1.10 bits per heavy atom. The molecule has 0 saturated carbocycles. The number of halogens is 2. The molecule has 8 heteroatoms. The van der Waals surface area contributed by atoms with Crippen LogP contribution in [0.4, 0.5) is 16.0 Å². The molecule has 0 atom stereocenters. The third kappa shape index (κ3) is 4.51. The molecule has 0 amide bonds. The van der Waals surface area contributed by atoms with Gasteiger partial charge in [0.05, 0.1) is 0 Å². The van der Waals surface area contributed by atoms with E-state index in [0.29, 0.717) is 30.6 Å². The van der Waals surface area contributed by atoms with Gasteiger partial charge >= 0.3 is 0 Å². The minimum atomic E-state index is -0.245. The Labute approximate surface area is 176 Å². The van der Waals surface area contributed by atoms with Crippen molar-refractivity contribution in [2.45, 2.75) is 6.61 Å². The molecule has 0 unspecified atom stereocenters. The lowest BCUT2D eigenvalue weighted by Gasteiger charge is -2.35. The number of rotatable bonds is 5. The van der Waals surface area contributed by atoms with E-state index in [9.17, 15) is 9.65 Å². The van der Waals surface area contributed by atoms with E-state index >= 15 is 0 Å². The van der Waals surface area contributed by atoms with Crippen molar-refractivity contribution in [1.29, 1.82) is 5.26 Å². The van der Waals surface area contributed by atoms with Gasteiger partial charge in [-0.2, -0.15) is 10.2 Å². The van der Waals surface area contributed by atoms with Gasteiger partial charge in [-0.3, -0.25) is 0 Å². The molecule has 4 rings (SSSR count). The van der Waals surface area contributed by atoms with Gasteiger partial charge < -0.3 is 19.0 Å². The number of hydrogen-bond donors (Lipinski definition) is 0. The highest BCUT2D eigenvalue weighted by Crippen LogP contribution is 2.26. The second-order valence-corrected chi connectivity index (χ2v) is 7.49. The summed E-state index contributed by atoms with van der Waals surface area (Å²) < 4.78 is 25.6. The van der Waals surface area contributed by atoms with E-state index in [4.69, 9.17) is 9.15 Å². The minimum Gasteiger partial charge on any atom is -0.484 e. The first-order valence-electron chi connectivity index (χ1n) is 9.16. The molecule has 0 aliphatic carbocycles. The van der Waals surface area contributed by atoms with Crippen LogP contribution in [-0.2, 0) is 6.61 Å². The second-order valence-electron chi connectivity index (χ2n) is 6.57. The second kappa shape index (κ2) is 8.53. The number of hydrogen-bond acceptors (Lipinski definition) is 6. The first kappa shape index (κ1) is 19.3. The number of oxazole rings is 1. The molecule has 1 aromatic heterocycles. The third-order valence-corrected chi connectivity index (χ3v) is 5.17. The van der Waals surface area contributed by atoms with Crippen LogP contribution in [0.5, 0.6) is 5.75 Å². The maximum absolute atomic E-state index is 13.1. The SMILES string of the molecule is N#Cc1nc(COc2cccc(Br)c2)oc1N1CCN(c2ccc(F)cc2)CC1. The molecule has 0 radical (unpaired) electrons. The normalized spacial score (nSPS) is 14.0. The van der Waals surface area contributed by atoms with E-state index in [2.05, 4.69) is 31.9 Å². The van der Waals surface area contributed by atoms with Crippen molar-refractivity contribution in [1.82, 2.24) is 4.98 Å². The van der Waals surface area contributed by atoms with E-state index in [1.165, 1.54) is 12.1 Å². The Balaban J connectivity index is 1.41. The minimum absolute atomic E-state index is 0.140.